The predicted octanol–water partition coefficient (Wildman–Crippen LogP) is 9.42. The first-order valence-electron chi connectivity index (χ1n) is 15.1. The van der Waals surface area contributed by atoms with Gasteiger partial charge in [-0.3, -0.25) is 0 Å². The molecule has 0 fully saturated rings. The van der Waals surface area contributed by atoms with Gasteiger partial charge in [-0.15, -0.1) is 0 Å². The van der Waals surface area contributed by atoms with Crippen molar-refractivity contribution in [3.63, 3.8) is 0 Å². The summed E-state index contributed by atoms with van der Waals surface area (Å²) < 4.78 is 12.0. The fourth-order valence-electron chi connectivity index (χ4n) is 5.58. The highest BCUT2D eigenvalue weighted by Crippen LogP contribution is 2.37. The van der Waals surface area contributed by atoms with E-state index in [4.69, 9.17) is 14.6 Å². The fourth-order valence-corrected chi connectivity index (χ4v) is 5.58. The standard InChI is InChI=1S/C39H29N5O2/c40-33(26-43-24-6-1-7-25-43)27-12-18-30(19-13-27)44(31-20-14-28(15-21-31)38-41-34-8-2-4-10-36(34)45-38)32-22-16-29(17-23-32)39-42-35-9-3-5-11-37(35)46-39/h1-24,26H,25,40H2/b33-26-. The molecule has 8 rings (SSSR count). The number of nitrogens with two attached hydrogens (primary N) is 1. The third-order valence-corrected chi connectivity index (χ3v) is 7.94. The molecule has 0 spiro atoms. The highest BCUT2D eigenvalue weighted by Gasteiger charge is 2.16. The topological polar surface area (TPSA) is 84.6 Å². The number of allylic oxidation sites excluding steroid dienone is 2. The molecule has 7 heteroatoms. The molecule has 1 aliphatic rings. The smallest absolute Gasteiger partial charge is 0.227 e. The van der Waals surface area contributed by atoms with Crippen LogP contribution in [0.25, 0.3) is 50.8 Å². The van der Waals surface area contributed by atoms with Gasteiger partial charge < -0.3 is 24.4 Å². The zero-order valence-electron chi connectivity index (χ0n) is 24.8. The number of nitrogens with zero attached hydrogens (tertiary/aromatic N) is 4. The Morgan fingerprint density at radius 1 is 0.630 bits per heavy atom. The summed E-state index contributed by atoms with van der Waals surface area (Å²) in [4.78, 5) is 13.6. The van der Waals surface area contributed by atoms with Crippen LogP contribution in [0, 0.1) is 0 Å². The van der Waals surface area contributed by atoms with Crippen molar-refractivity contribution in [3.05, 3.63) is 158 Å². The summed E-state index contributed by atoms with van der Waals surface area (Å²) >= 11 is 0. The average Bonchev–Trinajstić information content (AvgIpc) is 3.75. The lowest BCUT2D eigenvalue weighted by molar-refractivity contribution is 0.561. The van der Waals surface area contributed by atoms with Gasteiger partial charge in [0.25, 0.3) is 0 Å². The summed E-state index contributed by atoms with van der Waals surface area (Å²) in [5.74, 6) is 1.18. The molecule has 2 aromatic heterocycles. The lowest BCUT2D eigenvalue weighted by atomic mass is 10.1. The van der Waals surface area contributed by atoms with Crippen molar-refractivity contribution >= 4 is 45.0 Å². The van der Waals surface area contributed by atoms with E-state index in [-0.39, 0.29) is 0 Å². The van der Waals surface area contributed by atoms with Crippen LogP contribution in [-0.2, 0) is 0 Å². The van der Waals surface area contributed by atoms with Gasteiger partial charge in [0.1, 0.15) is 11.0 Å². The van der Waals surface area contributed by atoms with E-state index in [0.717, 1.165) is 62.5 Å². The zero-order valence-corrected chi connectivity index (χ0v) is 24.8. The monoisotopic (exact) mass is 599 g/mol. The number of para-hydroxylation sites is 4. The Hall–Kier alpha value is -6.34. The van der Waals surface area contributed by atoms with Gasteiger partial charge in [0, 0.05) is 47.1 Å². The van der Waals surface area contributed by atoms with Crippen LogP contribution in [0.1, 0.15) is 5.56 Å². The average molecular weight is 600 g/mol. The number of rotatable bonds is 7. The maximum Gasteiger partial charge on any atom is 0.227 e. The molecule has 0 unspecified atom stereocenters. The Morgan fingerprint density at radius 3 is 1.61 bits per heavy atom. The molecular formula is C39H29N5O2. The van der Waals surface area contributed by atoms with Gasteiger partial charge in [0.2, 0.25) is 11.8 Å². The maximum atomic E-state index is 6.49. The summed E-state index contributed by atoms with van der Waals surface area (Å²) in [5, 5.41) is 0. The number of aromatic nitrogens is 2. The molecule has 0 saturated heterocycles. The highest BCUT2D eigenvalue weighted by atomic mass is 16.4. The molecule has 222 valence electrons. The predicted molar refractivity (Wildman–Crippen MR) is 184 cm³/mol. The van der Waals surface area contributed by atoms with E-state index in [1.165, 1.54) is 0 Å². The second-order valence-electron chi connectivity index (χ2n) is 11.0. The van der Waals surface area contributed by atoms with Crippen LogP contribution in [0.4, 0.5) is 17.1 Å². The normalized spacial score (nSPS) is 13.1. The van der Waals surface area contributed by atoms with E-state index >= 15 is 0 Å². The van der Waals surface area contributed by atoms with Gasteiger partial charge in [-0.2, -0.15) is 0 Å². The number of hydrogen-bond donors (Lipinski definition) is 1. The van der Waals surface area contributed by atoms with Crippen LogP contribution in [-0.4, -0.2) is 21.4 Å². The van der Waals surface area contributed by atoms with E-state index in [1.54, 1.807) is 0 Å². The second kappa shape index (κ2) is 11.6. The van der Waals surface area contributed by atoms with E-state index in [2.05, 4.69) is 74.4 Å². The van der Waals surface area contributed by atoms with Crippen LogP contribution in [0.2, 0.25) is 0 Å². The Labute approximate surface area is 265 Å². The molecule has 0 radical (unpaired) electrons. The molecule has 1 aliphatic heterocycles. The van der Waals surface area contributed by atoms with Crippen LogP contribution < -0.4 is 10.6 Å². The largest absolute Gasteiger partial charge is 0.436 e. The number of oxazole rings is 2. The van der Waals surface area contributed by atoms with E-state index < -0.39 is 0 Å². The summed E-state index contributed by atoms with van der Waals surface area (Å²) in [6.07, 6.45) is 10.1. The highest BCUT2D eigenvalue weighted by molar-refractivity contribution is 5.82. The third-order valence-electron chi connectivity index (χ3n) is 7.94. The minimum Gasteiger partial charge on any atom is -0.436 e. The molecule has 0 aliphatic carbocycles. The molecule has 0 bridgehead atoms. The van der Waals surface area contributed by atoms with Gasteiger partial charge in [0.15, 0.2) is 11.2 Å². The van der Waals surface area contributed by atoms with Crippen molar-refractivity contribution in [3.8, 4) is 22.9 Å². The fraction of sp³-hybridized carbons (Fsp3) is 0.0256. The Balaban J connectivity index is 1.14. The van der Waals surface area contributed by atoms with Crippen LogP contribution >= 0.6 is 0 Å². The molecule has 2 N–H and O–H groups in total. The van der Waals surface area contributed by atoms with Crippen molar-refractivity contribution in [2.75, 3.05) is 11.4 Å². The van der Waals surface area contributed by atoms with Crippen molar-refractivity contribution in [2.45, 2.75) is 0 Å². The molecule has 5 aromatic carbocycles. The number of benzene rings is 5. The minimum atomic E-state index is 0.590. The first-order chi connectivity index (χ1) is 22.7. The number of anilines is 3. The molecule has 46 heavy (non-hydrogen) atoms. The number of hydrogen-bond acceptors (Lipinski definition) is 7. The summed E-state index contributed by atoms with van der Waals surface area (Å²) in [6.45, 7) is 0.794. The molecule has 0 saturated carbocycles. The maximum absolute atomic E-state index is 6.49. The third kappa shape index (κ3) is 5.31. The Bertz CT molecular complexity index is 2060. The van der Waals surface area contributed by atoms with Crippen molar-refractivity contribution in [1.29, 1.82) is 0 Å². The van der Waals surface area contributed by atoms with E-state index in [0.29, 0.717) is 17.5 Å². The first kappa shape index (κ1) is 27.2. The van der Waals surface area contributed by atoms with Gasteiger partial charge in [-0.05, 0) is 96.6 Å². The summed E-state index contributed by atoms with van der Waals surface area (Å²) in [7, 11) is 0. The summed E-state index contributed by atoms with van der Waals surface area (Å²) in [6, 6.07) is 40.3. The molecule has 0 amide bonds. The van der Waals surface area contributed by atoms with Crippen molar-refractivity contribution < 1.29 is 8.83 Å². The number of fused-ring (bicyclic) bond motifs is 2. The van der Waals surface area contributed by atoms with Crippen LogP contribution in [0.15, 0.2) is 161 Å². The molecule has 7 nitrogen and oxygen atoms in total. The van der Waals surface area contributed by atoms with Gasteiger partial charge >= 0.3 is 0 Å². The molecule has 0 atom stereocenters. The Morgan fingerprint density at radius 2 is 1.13 bits per heavy atom. The minimum absolute atomic E-state index is 0.590. The second-order valence-corrected chi connectivity index (χ2v) is 11.0. The summed E-state index contributed by atoms with van der Waals surface area (Å²) in [5.41, 5.74) is 16.1. The van der Waals surface area contributed by atoms with Gasteiger partial charge in [-0.1, -0.05) is 48.6 Å². The van der Waals surface area contributed by atoms with E-state index in [9.17, 15) is 0 Å². The van der Waals surface area contributed by atoms with Crippen molar-refractivity contribution in [1.82, 2.24) is 14.9 Å². The van der Waals surface area contributed by atoms with E-state index in [1.807, 2.05) is 97.3 Å². The SMILES string of the molecule is N/C(=C\N1C=CC=CC1)c1ccc(N(c2ccc(-c3nc4ccccc4o3)cc2)c2ccc(-c3nc4ccccc4o3)cc2)cc1. The molecule has 7 aromatic rings. The van der Waals surface area contributed by atoms with Gasteiger partial charge in [-0.25, -0.2) is 9.97 Å². The van der Waals surface area contributed by atoms with Crippen molar-refractivity contribution in [2.24, 2.45) is 5.73 Å². The van der Waals surface area contributed by atoms with Crippen LogP contribution in [0.5, 0.6) is 0 Å². The Kier molecular flexibility index (Phi) is 6.88. The lowest BCUT2D eigenvalue weighted by Crippen LogP contribution is -2.14. The molecular weight excluding hydrogens is 570 g/mol. The molecule has 3 heterocycles. The first-order valence-corrected chi connectivity index (χ1v) is 15.1. The van der Waals surface area contributed by atoms with Gasteiger partial charge in [0.05, 0.1) is 5.70 Å². The lowest BCUT2D eigenvalue weighted by Gasteiger charge is -2.26. The van der Waals surface area contributed by atoms with Crippen LogP contribution in [0.3, 0.4) is 0 Å². The zero-order chi connectivity index (χ0) is 30.9. The quantitative estimate of drug-likeness (QED) is 0.195.